The summed E-state index contributed by atoms with van der Waals surface area (Å²) in [6.07, 6.45) is 21.8. The van der Waals surface area contributed by atoms with Crippen LogP contribution in [0.15, 0.2) is 0 Å². The van der Waals surface area contributed by atoms with Gasteiger partial charge in [-0.1, -0.05) is 178 Å². The van der Waals surface area contributed by atoms with Gasteiger partial charge in [0.15, 0.2) is 0 Å². The number of rotatable bonds is 0. The number of hydrogen-bond donors (Lipinski definition) is 8. The van der Waals surface area contributed by atoms with Gasteiger partial charge >= 0.3 is 0 Å². The Morgan fingerprint density at radius 1 is 0.313 bits per heavy atom. The first-order valence-electron chi connectivity index (χ1n) is 29.3. The van der Waals surface area contributed by atoms with E-state index in [9.17, 15) is 10.2 Å². The molecule has 0 radical (unpaired) electrons. The lowest BCUT2D eigenvalue weighted by atomic mass is 9.67. The molecule has 6 aliphatic rings. The summed E-state index contributed by atoms with van der Waals surface area (Å²) < 4.78 is 0. The van der Waals surface area contributed by atoms with Crippen molar-refractivity contribution < 1.29 is 10.2 Å². The lowest BCUT2D eigenvalue weighted by Gasteiger charge is -2.42. The molecule has 0 saturated heterocycles. The third kappa shape index (κ3) is 39.9. The molecule has 0 bridgehead atoms. The molecule has 0 aromatic carbocycles. The van der Waals surface area contributed by atoms with Gasteiger partial charge in [0.1, 0.15) is 0 Å². The minimum atomic E-state index is -0.293. The van der Waals surface area contributed by atoms with Gasteiger partial charge in [-0.15, -0.1) is 0 Å². The summed E-state index contributed by atoms with van der Waals surface area (Å²) >= 11 is 0. The van der Waals surface area contributed by atoms with Gasteiger partial charge in [-0.05, 0) is 154 Å². The quantitative estimate of drug-likeness (QED) is 0.117. The highest BCUT2D eigenvalue weighted by molar-refractivity contribution is 4.91. The third-order valence-electron chi connectivity index (χ3n) is 14.3. The van der Waals surface area contributed by atoms with E-state index in [1.54, 1.807) is 0 Å². The molecule has 6 rings (SSSR count). The van der Waals surface area contributed by atoms with E-state index < -0.39 is 0 Å². The summed E-state index contributed by atoms with van der Waals surface area (Å²) in [6, 6.07) is 2.00. The van der Waals surface area contributed by atoms with Gasteiger partial charge in [0.05, 0.1) is 12.2 Å². The molecule has 8 heteroatoms. The van der Waals surface area contributed by atoms with Crippen LogP contribution in [0.1, 0.15) is 268 Å². The van der Waals surface area contributed by atoms with Crippen LogP contribution in [0.2, 0.25) is 0 Å². The Balaban J connectivity index is -0.000000222. The van der Waals surface area contributed by atoms with Gasteiger partial charge in [-0.2, -0.15) is 0 Å². The Hall–Kier alpha value is -0.320. The maximum atomic E-state index is 9.70. The minimum absolute atomic E-state index is 0.0127. The van der Waals surface area contributed by atoms with Crippen molar-refractivity contribution in [1.29, 1.82) is 0 Å². The lowest BCUT2D eigenvalue weighted by molar-refractivity contribution is 0.0106. The van der Waals surface area contributed by atoms with Crippen LogP contribution >= 0.6 is 0 Å². The molecule has 412 valence electrons. The maximum Gasteiger partial charge on any atom is 0.0716 e. The van der Waals surface area contributed by atoms with Crippen LogP contribution in [-0.4, -0.2) is 58.7 Å². The molecular formula is C59H134N6O2. The molecular weight excluding hydrogens is 825 g/mol. The molecule has 8 nitrogen and oxygen atoms in total. The Bertz CT molecular complexity index is 879. The zero-order valence-electron chi connectivity index (χ0n) is 50.0. The van der Waals surface area contributed by atoms with Crippen molar-refractivity contribution in [1.82, 2.24) is 0 Å². The van der Waals surface area contributed by atoms with Crippen molar-refractivity contribution >= 4 is 0 Å². The standard InChI is InChI=1S/C11H23NO.C8H17NO.2C8H17N.2C7H15N.5C2H6/c1-7-5-8(11(2,3)4)6-9(12)10(7)13;1-5-3-6(2)8(10)7(9)4-5;2*1-6-3-7(2)5-8(9)4-6;2*1-6-3-2-4-7(8)5-6;5*1-2/h7-10,13H,5-6,12H2,1-4H3;5-8,10H,3-4,9H2,1-2H3;2*6-8H,3-5,9H2,1-2H3;2*6-7H,2-5,8H2,1H3;5*1-2H3/t7-,8?,9+,10+;5-,6+,7-,8-;6-,7+,8?;6-,7-;6-,7+;6-,7-;;;;;/m01.010...../s1. The molecule has 6 fully saturated rings. The lowest BCUT2D eigenvalue weighted by Crippen LogP contribution is -2.47. The second-order valence-electron chi connectivity index (χ2n) is 22.8. The number of aliphatic hydroxyl groups is 2. The van der Waals surface area contributed by atoms with Gasteiger partial charge in [0.2, 0.25) is 0 Å². The summed E-state index contributed by atoms with van der Waals surface area (Å²) in [5, 5.41) is 19.1. The smallest absolute Gasteiger partial charge is 0.0716 e. The predicted molar refractivity (Wildman–Crippen MR) is 305 cm³/mol. The average Bonchev–Trinajstić information content (AvgIpc) is 3.25. The first-order valence-corrected chi connectivity index (χ1v) is 29.3. The zero-order chi connectivity index (χ0) is 53.6. The topological polar surface area (TPSA) is 197 Å². The second kappa shape index (κ2) is 45.5. The van der Waals surface area contributed by atoms with Gasteiger partial charge in [-0.25, -0.2) is 0 Å². The molecule has 0 aromatic heterocycles. The zero-order valence-corrected chi connectivity index (χ0v) is 50.0. The summed E-state index contributed by atoms with van der Waals surface area (Å²) in [7, 11) is 0. The number of nitrogens with two attached hydrogens (primary N) is 6. The number of aliphatic hydroxyl groups excluding tert-OH is 2. The second-order valence-corrected chi connectivity index (χ2v) is 22.8. The highest BCUT2D eigenvalue weighted by atomic mass is 16.3. The van der Waals surface area contributed by atoms with Gasteiger partial charge < -0.3 is 44.6 Å². The Morgan fingerprint density at radius 3 is 0.806 bits per heavy atom. The van der Waals surface area contributed by atoms with Gasteiger partial charge in [0.25, 0.3) is 0 Å². The van der Waals surface area contributed by atoms with E-state index in [4.69, 9.17) is 34.4 Å². The molecule has 2 unspecified atom stereocenters. The Morgan fingerprint density at radius 2 is 0.582 bits per heavy atom. The Labute approximate surface area is 424 Å². The van der Waals surface area contributed by atoms with E-state index in [0.717, 1.165) is 61.2 Å². The normalized spacial score (nSPS) is 37.5. The van der Waals surface area contributed by atoms with E-state index >= 15 is 0 Å². The monoisotopic (exact) mass is 959 g/mol. The summed E-state index contributed by atoms with van der Waals surface area (Å²) in [4.78, 5) is 0. The highest BCUT2D eigenvalue weighted by Crippen LogP contribution is 2.40. The van der Waals surface area contributed by atoms with Crippen molar-refractivity contribution in [2.45, 2.75) is 316 Å². The van der Waals surface area contributed by atoms with E-state index in [1.165, 1.54) is 89.9 Å². The van der Waals surface area contributed by atoms with E-state index in [2.05, 4.69) is 83.1 Å². The molecule has 0 spiro atoms. The molecule has 14 N–H and O–H groups in total. The first kappa shape index (κ1) is 75.6. The van der Waals surface area contributed by atoms with Crippen LogP contribution < -0.4 is 34.4 Å². The molecule has 6 aliphatic carbocycles. The average molecular weight is 960 g/mol. The molecule has 0 aromatic rings. The molecule has 0 amide bonds. The van der Waals surface area contributed by atoms with Gasteiger partial charge in [0, 0.05) is 36.3 Å². The fraction of sp³-hybridized carbons (Fsp3) is 1.00. The SMILES string of the molecule is CC.CC.CC.CC.CC.C[C@@H]1CC(N)C[C@@H](C)C1.C[C@@H]1CC(N)C[C@H](C)C1.C[C@@H]1CCC[C@H](N)C1.C[C@H]1CC(C(C)(C)C)C[C@@H](N)[C@@H]1O.C[C@H]1CCC[C@H](N)C1.C[C@H]1C[C@@H](N)[C@H](O)[C@@H](C)C1. The fourth-order valence-corrected chi connectivity index (χ4v) is 11.2. The molecule has 6 saturated carbocycles. The fourth-order valence-electron chi connectivity index (χ4n) is 11.2. The molecule has 0 aliphatic heterocycles. The van der Waals surface area contributed by atoms with Crippen molar-refractivity contribution in [3.8, 4) is 0 Å². The third-order valence-corrected chi connectivity index (χ3v) is 14.3. The van der Waals surface area contributed by atoms with Crippen molar-refractivity contribution in [3.05, 3.63) is 0 Å². The first-order chi connectivity index (χ1) is 31.4. The van der Waals surface area contributed by atoms with E-state index in [1.807, 2.05) is 69.2 Å². The van der Waals surface area contributed by atoms with Crippen molar-refractivity contribution in [2.75, 3.05) is 0 Å². The van der Waals surface area contributed by atoms with Crippen LogP contribution in [0.5, 0.6) is 0 Å². The Kier molecular flexibility index (Phi) is 51.4. The van der Waals surface area contributed by atoms with Crippen molar-refractivity contribution in [2.24, 2.45) is 99.0 Å². The van der Waals surface area contributed by atoms with Crippen LogP contribution in [-0.2, 0) is 0 Å². The predicted octanol–water partition coefficient (Wildman–Crippen LogP) is 14.2. The molecule has 0 heterocycles. The van der Waals surface area contributed by atoms with E-state index in [0.29, 0.717) is 53.3 Å². The largest absolute Gasteiger partial charge is 0.391 e. The van der Waals surface area contributed by atoms with Crippen LogP contribution in [0.3, 0.4) is 0 Å². The van der Waals surface area contributed by atoms with Crippen molar-refractivity contribution in [3.63, 3.8) is 0 Å². The van der Waals surface area contributed by atoms with Crippen LogP contribution in [0.4, 0.5) is 0 Å². The summed E-state index contributed by atoms with van der Waals surface area (Å²) in [6.45, 7) is 46.9. The molecule has 17 atom stereocenters. The summed E-state index contributed by atoms with van der Waals surface area (Å²) in [5.74, 6) is 7.32. The van der Waals surface area contributed by atoms with Crippen LogP contribution in [0, 0.1) is 64.6 Å². The molecule has 67 heavy (non-hydrogen) atoms. The van der Waals surface area contributed by atoms with E-state index in [-0.39, 0.29) is 24.3 Å². The number of hydrogen-bond acceptors (Lipinski definition) is 8. The van der Waals surface area contributed by atoms with Crippen LogP contribution in [0.25, 0.3) is 0 Å². The maximum absolute atomic E-state index is 9.70. The highest BCUT2D eigenvalue weighted by Gasteiger charge is 2.37. The van der Waals surface area contributed by atoms with Gasteiger partial charge in [-0.3, -0.25) is 0 Å². The minimum Gasteiger partial charge on any atom is -0.391 e. The summed E-state index contributed by atoms with van der Waals surface area (Å²) in [5.41, 5.74) is 35.0.